The van der Waals surface area contributed by atoms with Crippen LogP contribution in [-0.4, -0.2) is 43.7 Å². The van der Waals surface area contributed by atoms with Gasteiger partial charge in [0.15, 0.2) is 0 Å². The Kier molecular flexibility index (Phi) is 3.84. The molecule has 24 heavy (non-hydrogen) atoms. The summed E-state index contributed by atoms with van der Waals surface area (Å²) in [4.78, 5) is 18.7. The van der Waals surface area contributed by atoms with Crippen LogP contribution in [0.4, 0.5) is 0 Å². The first-order chi connectivity index (χ1) is 11.7. The SMILES string of the molecule is O=C(c1ncn[nH]1)N1CC[C@@](O)(c2ccccc2)[C@@H]2CCCCC21. The van der Waals surface area contributed by atoms with E-state index in [1.165, 1.54) is 6.33 Å². The maximum atomic E-state index is 12.8. The molecule has 4 rings (SSSR count). The number of aromatic nitrogens is 3. The lowest BCUT2D eigenvalue weighted by Gasteiger charge is -2.52. The van der Waals surface area contributed by atoms with Gasteiger partial charge in [0, 0.05) is 18.5 Å². The van der Waals surface area contributed by atoms with Gasteiger partial charge in [0.1, 0.15) is 6.33 Å². The van der Waals surface area contributed by atoms with Crippen LogP contribution in [0.25, 0.3) is 0 Å². The Morgan fingerprint density at radius 3 is 2.79 bits per heavy atom. The molecule has 2 aromatic rings. The van der Waals surface area contributed by atoms with Crippen LogP contribution >= 0.6 is 0 Å². The number of H-pyrrole nitrogens is 1. The van der Waals surface area contributed by atoms with Crippen molar-refractivity contribution in [2.45, 2.75) is 43.7 Å². The average Bonchev–Trinajstić information content (AvgIpc) is 3.17. The van der Waals surface area contributed by atoms with Gasteiger partial charge in [0.2, 0.25) is 5.82 Å². The zero-order chi connectivity index (χ0) is 16.6. The van der Waals surface area contributed by atoms with E-state index >= 15 is 0 Å². The molecule has 1 aliphatic carbocycles. The molecule has 0 radical (unpaired) electrons. The number of carbonyl (C=O) groups is 1. The van der Waals surface area contributed by atoms with Crippen molar-refractivity contribution < 1.29 is 9.90 Å². The predicted molar refractivity (Wildman–Crippen MR) is 88.1 cm³/mol. The topological polar surface area (TPSA) is 82.1 Å². The Bertz CT molecular complexity index is 703. The number of hydrogen-bond acceptors (Lipinski definition) is 4. The van der Waals surface area contributed by atoms with E-state index in [4.69, 9.17) is 0 Å². The highest BCUT2D eigenvalue weighted by atomic mass is 16.3. The number of aromatic amines is 1. The molecule has 1 amide bonds. The number of benzene rings is 1. The summed E-state index contributed by atoms with van der Waals surface area (Å²) >= 11 is 0. The van der Waals surface area contributed by atoms with E-state index in [2.05, 4.69) is 15.2 Å². The number of fused-ring (bicyclic) bond motifs is 1. The lowest BCUT2D eigenvalue weighted by atomic mass is 9.66. The van der Waals surface area contributed by atoms with Crippen molar-refractivity contribution in [3.8, 4) is 0 Å². The van der Waals surface area contributed by atoms with Gasteiger partial charge in [-0.1, -0.05) is 43.2 Å². The van der Waals surface area contributed by atoms with Crippen molar-refractivity contribution >= 4 is 5.91 Å². The number of piperidine rings is 1. The van der Waals surface area contributed by atoms with Gasteiger partial charge in [-0.3, -0.25) is 9.89 Å². The minimum atomic E-state index is -0.857. The predicted octanol–water partition coefficient (Wildman–Crippen LogP) is 2.10. The first-order valence-corrected chi connectivity index (χ1v) is 8.64. The molecule has 2 fully saturated rings. The minimum absolute atomic E-state index is 0.0512. The van der Waals surface area contributed by atoms with Crippen molar-refractivity contribution in [2.75, 3.05) is 6.54 Å². The maximum Gasteiger partial charge on any atom is 0.291 e. The summed E-state index contributed by atoms with van der Waals surface area (Å²) in [5, 5.41) is 17.9. The molecule has 1 aromatic carbocycles. The highest BCUT2D eigenvalue weighted by Crippen LogP contribution is 2.47. The smallest absolute Gasteiger partial charge is 0.291 e. The normalized spacial score (nSPS) is 30.0. The Morgan fingerprint density at radius 1 is 1.25 bits per heavy atom. The van der Waals surface area contributed by atoms with E-state index < -0.39 is 5.60 Å². The van der Waals surface area contributed by atoms with Crippen LogP contribution in [0.2, 0.25) is 0 Å². The Hall–Kier alpha value is -2.21. The van der Waals surface area contributed by atoms with E-state index in [0.717, 1.165) is 31.2 Å². The molecule has 126 valence electrons. The van der Waals surface area contributed by atoms with Crippen LogP contribution in [0.1, 0.15) is 48.3 Å². The highest BCUT2D eigenvalue weighted by molar-refractivity contribution is 5.90. The molecule has 2 N–H and O–H groups in total. The number of nitrogens with one attached hydrogen (secondary N) is 1. The first kappa shape index (κ1) is 15.3. The second-order valence-corrected chi connectivity index (χ2v) is 6.83. The number of likely N-dealkylation sites (tertiary alicyclic amines) is 1. The molecule has 2 heterocycles. The van der Waals surface area contributed by atoms with Crippen LogP contribution in [0, 0.1) is 5.92 Å². The molecular weight excluding hydrogens is 304 g/mol. The van der Waals surface area contributed by atoms with E-state index in [1.54, 1.807) is 0 Å². The van der Waals surface area contributed by atoms with Crippen molar-refractivity contribution in [1.29, 1.82) is 0 Å². The molecule has 1 saturated heterocycles. The third kappa shape index (κ3) is 2.41. The number of rotatable bonds is 2. The largest absolute Gasteiger partial charge is 0.385 e. The fourth-order valence-electron chi connectivity index (χ4n) is 4.47. The van der Waals surface area contributed by atoms with Crippen LogP contribution in [0.5, 0.6) is 0 Å². The van der Waals surface area contributed by atoms with Gasteiger partial charge in [-0.25, -0.2) is 4.98 Å². The van der Waals surface area contributed by atoms with E-state index in [9.17, 15) is 9.90 Å². The minimum Gasteiger partial charge on any atom is -0.385 e. The maximum absolute atomic E-state index is 12.8. The van der Waals surface area contributed by atoms with E-state index in [-0.39, 0.29) is 23.7 Å². The van der Waals surface area contributed by atoms with Crippen molar-refractivity contribution in [3.05, 3.63) is 48.0 Å². The van der Waals surface area contributed by atoms with Gasteiger partial charge in [0.25, 0.3) is 5.91 Å². The van der Waals surface area contributed by atoms with Crippen LogP contribution in [0.15, 0.2) is 36.7 Å². The van der Waals surface area contributed by atoms with Crippen molar-refractivity contribution in [3.63, 3.8) is 0 Å². The number of nitrogens with zero attached hydrogens (tertiary/aromatic N) is 3. The fraction of sp³-hybridized carbons (Fsp3) is 0.500. The zero-order valence-electron chi connectivity index (χ0n) is 13.6. The molecule has 6 heteroatoms. The summed E-state index contributed by atoms with van der Waals surface area (Å²) in [5.74, 6) is 0.234. The van der Waals surface area contributed by atoms with E-state index in [1.807, 2.05) is 35.2 Å². The Morgan fingerprint density at radius 2 is 2.04 bits per heavy atom. The summed E-state index contributed by atoms with van der Waals surface area (Å²) in [6.45, 7) is 0.534. The second-order valence-electron chi connectivity index (χ2n) is 6.83. The molecule has 1 unspecified atom stereocenters. The van der Waals surface area contributed by atoms with Gasteiger partial charge >= 0.3 is 0 Å². The van der Waals surface area contributed by atoms with Gasteiger partial charge in [0.05, 0.1) is 5.60 Å². The van der Waals surface area contributed by atoms with Crippen LogP contribution in [0.3, 0.4) is 0 Å². The molecular formula is C18H22N4O2. The molecule has 6 nitrogen and oxygen atoms in total. The van der Waals surface area contributed by atoms with E-state index in [0.29, 0.717) is 13.0 Å². The molecule has 3 atom stereocenters. The standard InChI is InChI=1S/C18H22N4O2/c23-17(16-19-12-20-21-16)22-11-10-18(24,13-6-2-1-3-7-13)14-8-4-5-9-15(14)22/h1-3,6-7,12,14-15,24H,4-5,8-11H2,(H,19,20,21)/t14-,15?,18-/m1/s1. The lowest BCUT2D eigenvalue weighted by molar-refractivity contribution is -0.110. The molecule has 0 bridgehead atoms. The van der Waals surface area contributed by atoms with Gasteiger partial charge in [-0.15, -0.1) is 0 Å². The summed E-state index contributed by atoms with van der Waals surface area (Å²) in [6.07, 6.45) is 5.97. The first-order valence-electron chi connectivity index (χ1n) is 8.64. The third-order valence-electron chi connectivity index (χ3n) is 5.63. The summed E-state index contributed by atoms with van der Waals surface area (Å²) in [5.41, 5.74) is 0.110. The number of carbonyl (C=O) groups excluding carboxylic acids is 1. The van der Waals surface area contributed by atoms with Gasteiger partial charge in [-0.05, 0) is 24.8 Å². The monoisotopic (exact) mass is 326 g/mol. The number of aliphatic hydroxyl groups is 1. The van der Waals surface area contributed by atoms with Gasteiger partial charge in [-0.2, -0.15) is 5.10 Å². The average molecular weight is 326 g/mol. The summed E-state index contributed by atoms with van der Waals surface area (Å²) in [6, 6.07) is 9.96. The van der Waals surface area contributed by atoms with Gasteiger partial charge < -0.3 is 10.0 Å². The Balaban J connectivity index is 1.66. The molecule has 2 aliphatic rings. The second kappa shape index (κ2) is 6.02. The third-order valence-corrected chi connectivity index (χ3v) is 5.63. The fourth-order valence-corrected chi connectivity index (χ4v) is 4.47. The molecule has 1 saturated carbocycles. The number of hydrogen-bond donors (Lipinski definition) is 2. The zero-order valence-corrected chi connectivity index (χ0v) is 13.6. The number of amides is 1. The lowest BCUT2D eigenvalue weighted by Crippen LogP contribution is -2.59. The van der Waals surface area contributed by atoms with Crippen LogP contribution < -0.4 is 0 Å². The van der Waals surface area contributed by atoms with Crippen molar-refractivity contribution in [2.24, 2.45) is 5.92 Å². The Labute approximate surface area is 140 Å². The highest BCUT2D eigenvalue weighted by Gasteiger charge is 2.50. The van der Waals surface area contributed by atoms with Crippen LogP contribution in [-0.2, 0) is 5.60 Å². The van der Waals surface area contributed by atoms with Crippen molar-refractivity contribution in [1.82, 2.24) is 20.1 Å². The quantitative estimate of drug-likeness (QED) is 0.885. The molecule has 1 aliphatic heterocycles. The molecule has 1 aromatic heterocycles. The summed E-state index contributed by atoms with van der Waals surface area (Å²) < 4.78 is 0. The molecule has 0 spiro atoms. The summed E-state index contributed by atoms with van der Waals surface area (Å²) in [7, 11) is 0.